The first-order chi connectivity index (χ1) is 11.9. The van der Waals surface area contributed by atoms with Gasteiger partial charge in [-0.25, -0.2) is 0 Å². The summed E-state index contributed by atoms with van der Waals surface area (Å²) in [5.41, 5.74) is 2.14. The van der Waals surface area contributed by atoms with Crippen molar-refractivity contribution in [1.82, 2.24) is 4.90 Å². The molecule has 0 bridgehead atoms. The molecule has 0 aromatic heterocycles. The first-order valence-electron chi connectivity index (χ1n) is 8.32. The Bertz CT molecular complexity index is 806. The lowest BCUT2D eigenvalue weighted by molar-refractivity contribution is -0.123. The van der Waals surface area contributed by atoms with E-state index in [1.807, 2.05) is 39.0 Å². The fraction of sp³-hybridized carbons (Fsp3) is 0.389. The lowest BCUT2D eigenvalue weighted by Gasteiger charge is -2.21. The molecule has 2 amide bonds. The topological polar surface area (TPSA) is 40.6 Å². The molecule has 1 fully saturated rings. The Balaban J connectivity index is 2.15. The van der Waals surface area contributed by atoms with Gasteiger partial charge < -0.3 is 4.90 Å². The van der Waals surface area contributed by atoms with Gasteiger partial charge in [0.1, 0.15) is 4.32 Å². The van der Waals surface area contributed by atoms with Crippen LogP contribution in [0, 0.1) is 0 Å². The Labute approximate surface area is 165 Å². The second-order valence-corrected chi connectivity index (χ2v) is 8.68. The summed E-state index contributed by atoms with van der Waals surface area (Å²) in [6.07, 6.45) is 1.66. The number of hydrogen-bond acceptors (Lipinski definition) is 4. The molecule has 4 nitrogen and oxygen atoms in total. The van der Waals surface area contributed by atoms with Crippen LogP contribution in [0.15, 0.2) is 27.6 Å². The van der Waals surface area contributed by atoms with Crippen molar-refractivity contribution in [1.29, 1.82) is 0 Å². The number of thiocarbonyl (C=S) groups is 1. The molecule has 0 saturated carbocycles. The first-order valence-corrected chi connectivity index (χ1v) is 10.3. The Hall–Kier alpha value is -1.18. The predicted molar refractivity (Wildman–Crippen MR) is 110 cm³/mol. The largest absolute Gasteiger partial charge is 0.308 e. The quantitative estimate of drug-likeness (QED) is 0.509. The Morgan fingerprint density at radius 3 is 2.60 bits per heavy atom. The summed E-state index contributed by atoms with van der Waals surface area (Å²) in [4.78, 5) is 29.9. The molecule has 7 heteroatoms. The molecule has 0 spiro atoms. The fourth-order valence-corrected chi connectivity index (χ4v) is 4.96. The average molecular weight is 439 g/mol. The third kappa shape index (κ3) is 3.06. The molecule has 2 aliphatic rings. The van der Waals surface area contributed by atoms with Gasteiger partial charge in [0.25, 0.3) is 11.8 Å². The molecular formula is C18H19BrN2O2S2. The number of halogens is 1. The normalized spacial score (nSPS) is 21.4. The van der Waals surface area contributed by atoms with Crippen molar-refractivity contribution in [2.24, 2.45) is 0 Å². The SMILES string of the molecule is CCCN1C(=O)/C(=C2\SC(=S)N([C@H](C)CC)C2=O)c2cc(Br)ccc21. The van der Waals surface area contributed by atoms with E-state index in [0.717, 1.165) is 28.6 Å². The maximum atomic E-state index is 13.1. The van der Waals surface area contributed by atoms with Gasteiger partial charge in [0, 0.05) is 22.6 Å². The van der Waals surface area contributed by atoms with Gasteiger partial charge in [-0.3, -0.25) is 14.5 Å². The third-order valence-electron chi connectivity index (χ3n) is 4.48. The highest BCUT2D eigenvalue weighted by atomic mass is 79.9. The molecule has 0 N–H and O–H groups in total. The minimum Gasteiger partial charge on any atom is -0.308 e. The Kier molecular flexibility index (Phi) is 5.37. The van der Waals surface area contributed by atoms with Gasteiger partial charge in [0.05, 0.1) is 16.2 Å². The summed E-state index contributed by atoms with van der Waals surface area (Å²) in [6.45, 7) is 6.66. The van der Waals surface area contributed by atoms with Crippen molar-refractivity contribution in [2.45, 2.75) is 39.7 Å². The van der Waals surface area contributed by atoms with Crippen LogP contribution < -0.4 is 4.90 Å². The first kappa shape index (κ1) is 18.6. The molecule has 25 heavy (non-hydrogen) atoms. The van der Waals surface area contributed by atoms with E-state index in [9.17, 15) is 9.59 Å². The van der Waals surface area contributed by atoms with E-state index in [-0.39, 0.29) is 17.9 Å². The average Bonchev–Trinajstić information content (AvgIpc) is 3.01. The van der Waals surface area contributed by atoms with Crippen LogP contribution in [0.3, 0.4) is 0 Å². The zero-order valence-corrected chi connectivity index (χ0v) is 17.6. The van der Waals surface area contributed by atoms with E-state index in [2.05, 4.69) is 15.9 Å². The maximum absolute atomic E-state index is 13.1. The van der Waals surface area contributed by atoms with Crippen LogP contribution in [0.2, 0.25) is 0 Å². The van der Waals surface area contributed by atoms with Crippen LogP contribution in [-0.2, 0) is 9.59 Å². The van der Waals surface area contributed by atoms with Gasteiger partial charge >= 0.3 is 0 Å². The van der Waals surface area contributed by atoms with Crippen LogP contribution >= 0.6 is 39.9 Å². The van der Waals surface area contributed by atoms with E-state index in [0.29, 0.717) is 21.3 Å². The second-order valence-electron chi connectivity index (χ2n) is 6.12. The van der Waals surface area contributed by atoms with Gasteiger partial charge in [-0.05, 0) is 38.0 Å². The van der Waals surface area contributed by atoms with Crippen LogP contribution in [0.4, 0.5) is 5.69 Å². The number of hydrogen-bond donors (Lipinski definition) is 0. The maximum Gasteiger partial charge on any atom is 0.267 e. The number of benzene rings is 1. The minimum atomic E-state index is -0.156. The second kappa shape index (κ2) is 7.21. The summed E-state index contributed by atoms with van der Waals surface area (Å²) in [6, 6.07) is 5.78. The summed E-state index contributed by atoms with van der Waals surface area (Å²) in [5.74, 6) is -0.267. The summed E-state index contributed by atoms with van der Waals surface area (Å²) in [5, 5.41) is 0. The number of anilines is 1. The molecule has 1 saturated heterocycles. The zero-order valence-electron chi connectivity index (χ0n) is 14.3. The molecule has 2 aliphatic heterocycles. The highest BCUT2D eigenvalue weighted by Crippen LogP contribution is 2.45. The smallest absolute Gasteiger partial charge is 0.267 e. The molecule has 0 unspecified atom stereocenters. The highest BCUT2D eigenvalue weighted by molar-refractivity contribution is 9.10. The Morgan fingerprint density at radius 1 is 1.24 bits per heavy atom. The Morgan fingerprint density at radius 2 is 1.96 bits per heavy atom. The molecule has 132 valence electrons. The monoisotopic (exact) mass is 438 g/mol. The number of carbonyl (C=O) groups is 2. The zero-order chi connectivity index (χ0) is 18.3. The van der Waals surface area contributed by atoms with Crippen LogP contribution in [-0.4, -0.2) is 33.6 Å². The third-order valence-corrected chi connectivity index (χ3v) is 6.38. The summed E-state index contributed by atoms with van der Waals surface area (Å²) < 4.78 is 1.41. The highest BCUT2D eigenvalue weighted by Gasteiger charge is 2.42. The van der Waals surface area contributed by atoms with Crippen LogP contribution in [0.1, 0.15) is 39.2 Å². The van der Waals surface area contributed by atoms with Gasteiger partial charge in [0.2, 0.25) is 0 Å². The van der Waals surface area contributed by atoms with Crippen molar-refractivity contribution in [2.75, 3.05) is 11.4 Å². The fourth-order valence-electron chi connectivity index (χ4n) is 3.06. The van der Waals surface area contributed by atoms with E-state index < -0.39 is 0 Å². The standard InChI is InChI=1S/C18H19BrN2O2S2/c1-4-8-20-13-7-6-11(19)9-12(13)14(16(20)22)15-17(23)21(10(3)5-2)18(24)25-15/h6-7,9-10H,4-5,8H2,1-3H3/b15-14-/t10-/m1/s1. The molecule has 1 aromatic rings. The van der Waals surface area contributed by atoms with Crippen molar-refractivity contribution in [3.05, 3.63) is 33.1 Å². The number of amides is 2. The molecule has 1 aromatic carbocycles. The minimum absolute atomic E-state index is 0.0239. The summed E-state index contributed by atoms with van der Waals surface area (Å²) in [7, 11) is 0. The number of carbonyl (C=O) groups excluding carboxylic acids is 2. The number of fused-ring (bicyclic) bond motifs is 1. The molecule has 0 aliphatic carbocycles. The number of nitrogens with zero attached hydrogens (tertiary/aromatic N) is 2. The van der Waals surface area contributed by atoms with E-state index >= 15 is 0 Å². The van der Waals surface area contributed by atoms with Crippen LogP contribution in [0.25, 0.3) is 5.57 Å². The van der Waals surface area contributed by atoms with Gasteiger partial charge in [-0.15, -0.1) is 0 Å². The number of rotatable bonds is 4. The molecule has 3 rings (SSSR count). The lowest BCUT2D eigenvalue weighted by Crippen LogP contribution is -2.36. The predicted octanol–water partition coefficient (Wildman–Crippen LogP) is 4.58. The molecular weight excluding hydrogens is 420 g/mol. The molecule has 1 atom stereocenters. The van der Waals surface area contributed by atoms with Crippen molar-refractivity contribution in [3.63, 3.8) is 0 Å². The summed E-state index contributed by atoms with van der Waals surface area (Å²) >= 11 is 10.1. The van der Waals surface area contributed by atoms with Crippen molar-refractivity contribution >= 4 is 67.3 Å². The van der Waals surface area contributed by atoms with E-state index in [1.165, 1.54) is 11.8 Å². The van der Waals surface area contributed by atoms with E-state index in [4.69, 9.17) is 12.2 Å². The molecule has 2 heterocycles. The lowest BCUT2D eigenvalue weighted by atomic mass is 10.1. The van der Waals surface area contributed by atoms with Gasteiger partial charge in [0.15, 0.2) is 0 Å². The number of thioether (sulfide) groups is 1. The van der Waals surface area contributed by atoms with Gasteiger partial charge in [-0.2, -0.15) is 0 Å². The van der Waals surface area contributed by atoms with Gasteiger partial charge in [-0.1, -0.05) is 53.8 Å². The van der Waals surface area contributed by atoms with Crippen molar-refractivity contribution < 1.29 is 9.59 Å². The van der Waals surface area contributed by atoms with E-state index in [1.54, 1.807) is 9.80 Å². The van der Waals surface area contributed by atoms with Crippen LogP contribution in [0.5, 0.6) is 0 Å². The molecule has 0 radical (unpaired) electrons. The van der Waals surface area contributed by atoms with Crippen molar-refractivity contribution in [3.8, 4) is 0 Å².